The summed E-state index contributed by atoms with van der Waals surface area (Å²) in [6, 6.07) is 18.1. The largest absolute Gasteiger partial charge is 0.453 e. The second-order valence-corrected chi connectivity index (χ2v) is 6.27. The number of hydrogen-bond acceptors (Lipinski definition) is 6. The highest BCUT2D eigenvalue weighted by molar-refractivity contribution is 5.89. The van der Waals surface area contributed by atoms with Gasteiger partial charge in [-0.05, 0) is 17.7 Å². The predicted molar refractivity (Wildman–Crippen MR) is 91.4 cm³/mol. The molecule has 1 N–H and O–H groups in total. The van der Waals surface area contributed by atoms with E-state index in [4.69, 9.17) is 18.9 Å². The van der Waals surface area contributed by atoms with Gasteiger partial charge in [0.25, 0.3) is 0 Å². The molecule has 2 aliphatic heterocycles. The van der Waals surface area contributed by atoms with Gasteiger partial charge in [-0.25, -0.2) is 4.79 Å². The van der Waals surface area contributed by atoms with Crippen LogP contribution < -0.4 is 0 Å². The maximum absolute atomic E-state index is 12.5. The molecule has 0 radical (unpaired) electrons. The Balaban J connectivity index is 1.58. The first-order valence-electron chi connectivity index (χ1n) is 8.62. The Morgan fingerprint density at radius 3 is 2.23 bits per heavy atom. The lowest BCUT2D eigenvalue weighted by atomic mass is 10.0. The van der Waals surface area contributed by atoms with Crippen LogP contribution in [0.15, 0.2) is 60.7 Å². The summed E-state index contributed by atoms with van der Waals surface area (Å²) in [4.78, 5) is 12.5. The predicted octanol–water partition coefficient (Wildman–Crippen LogP) is 2.09. The Bertz CT molecular complexity index is 728. The molecule has 136 valence electrons. The van der Waals surface area contributed by atoms with Gasteiger partial charge in [-0.15, -0.1) is 0 Å². The molecule has 0 bridgehead atoms. The molecule has 0 aliphatic carbocycles. The monoisotopic (exact) mass is 356 g/mol. The number of carbonyl (C=O) groups excluding carboxylic acids is 1. The van der Waals surface area contributed by atoms with Crippen LogP contribution in [0.2, 0.25) is 0 Å². The molecular weight excluding hydrogens is 336 g/mol. The lowest BCUT2D eigenvalue weighted by molar-refractivity contribution is -0.158. The van der Waals surface area contributed by atoms with E-state index in [1.54, 1.807) is 24.3 Å². The van der Waals surface area contributed by atoms with Crippen molar-refractivity contribution in [1.82, 2.24) is 0 Å². The van der Waals surface area contributed by atoms with Crippen LogP contribution >= 0.6 is 0 Å². The van der Waals surface area contributed by atoms with Crippen molar-refractivity contribution in [3.05, 3.63) is 71.8 Å². The molecule has 4 rings (SSSR count). The first-order valence-corrected chi connectivity index (χ1v) is 8.62. The Morgan fingerprint density at radius 2 is 1.58 bits per heavy atom. The van der Waals surface area contributed by atoms with Crippen molar-refractivity contribution in [2.75, 3.05) is 13.2 Å². The summed E-state index contributed by atoms with van der Waals surface area (Å²) >= 11 is 0. The fourth-order valence-electron chi connectivity index (χ4n) is 3.29. The van der Waals surface area contributed by atoms with Gasteiger partial charge in [-0.2, -0.15) is 0 Å². The maximum Gasteiger partial charge on any atom is 0.338 e. The van der Waals surface area contributed by atoms with E-state index in [9.17, 15) is 9.90 Å². The van der Waals surface area contributed by atoms with Crippen LogP contribution in [0.3, 0.4) is 0 Å². The molecule has 0 saturated carbocycles. The van der Waals surface area contributed by atoms with Gasteiger partial charge in [-0.1, -0.05) is 48.5 Å². The van der Waals surface area contributed by atoms with E-state index in [-0.39, 0.29) is 0 Å². The van der Waals surface area contributed by atoms with E-state index >= 15 is 0 Å². The third kappa shape index (κ3) is 3.37. The molecule has 2 aromatic rings. The van der Waals surface area contributed by atoms with E-state index < -0.39 is 36.7 Å². The highest BCUT2D eigenvalue weighted by Crippen LogP contribution is 2.38. The Hall–Kier alpha value is -2.25. The van der Waals surface area contributed by atoms with Gasteiger partial charge in [0.15, 0.2) is 12.4 Å². The molecule has 2 heterocycles. The first kappa shape index (κ1) is 17.2. The highest BCUT2D eigenvalue weighted by Gasteiger charge is 2.51. The van der Waals surface area contributed by atoms with E-state index in [1.165, 1.54) is 0 Å². The number of ether oxygens (including phenoxy) is 4. The van der Waals surface area contributed by atoms with Gasteiger partial charge < -0.3 is 24.1 Å². The minimum absolute atomic E-state index is 0.420. The summed E-state index contributed by atoms with van der Waals surface area (Å²) in [5.41, 5.74) is 1.24. The molecule has 0 amide bonds. The topological polar surface area (TPSA) is 74.2 Å². The molecule has 4 atom stereocenters. The normalized spacial score (nSPS) is 29.0. The number of esters is 1. The third-order valence-electron chi connectivity index (χ3n) is 4.57. The zero-order valence-electron chi connectivity index (χ0n) is 14.1. The molecule has 2 fully saturated rings. The van der Waals surface area contributed by atoms with Crippen molar-refractivity contribution in [1.29, 1.82) is 0 Å². The van der Waals surface area contributed by atoms with Crippen molar-refractivity contribution < 1.29 is 28.8 Å². The fourth-order valence-corrected chi connectivity index (χ4v) is 3.29. The summed E-state index contributed by atoms with van der Waals surface area (Å²) < 4.78 is 22.6. The van der Waals surface area contributed by atoms with Crippen LogP contribution in [-0.2, 0) is 18.9 Å². The quantitative estimate of drug-likeness (QED) is 0.846. The van der Waals surface area contributed by atoms with Crippen molar-refractivity contribution >= 4 is 5.97 Å². The summed E-state index contributed by atoms with van der Waals surface area (Å²) in [6.07, 6.45) is -3.91. The fraction of sp³-hybridized carbons (Fsp3) is 0.350. The number of rotatable bonds is 4. The molecule has 6 heteroatoms. The second-order valence-electron chi connectivity index (χ2n) is 6.27. The van der Waals surface area contributed by atoms with Crippen molar-refractivity contribution in [2.24, 2.45) is 0 Å². The number of aliphatic hydroxyl groups is 1. The van der Waals surface area contributed by atoms with Crippen LogP contribution in [0.5, 0.6) is 0 Å². The van der Waals surface area contributed by atoms with E-state index in [1.807, 2.05) is 36.4 Å². The number of aliphatic hydroxyl groups excluding tert-OH is 1. The minimum Gasteiger partial charge on any atom is -0.453 e. The highest BCUT2D eigenvalue weighted by atomic mass is 16.7. The maximum atomic E-state index is 12.5. The van der Waals surface area contributed by atoms with Crippen LogP contribution in [0.25, 0.3) is 0 Å². The molecule has 2 saturated heterocycles. The smallest absolute Gasteiger partial charge is 0.338 e. The van der Waals surface area contributed by atoms with Gasteiger partial charge in [0, 0.05) is 0 Å². The van der Waals surface area contributed by atoms with Crippen molar-refractivity contribution in [2.45, 2.75) is 30.7 Å². The number of carbonyl (C=O) groups is 1. The molecule has 26 heavy (non-hydrogen) atoms. The first-order chi connectivity index (χ1) is 12.7. The van der Waals surface area contributed by atoms with Gasteiger partial charge in [0.05, 0.1) is 18.8 Å². The average Bonchev–Trinajstić information content (AvgIpc) is 3.32. The summed E-state index contributed by atoms with van der Waals surface area (Å²) in [5.74, 6) is -0.506. The van der Waals surface area contributed by atoms with E-state index in [0.29, 0.717) is 18.8 Å². The number of benzene rings is 2. The van der Waals surface area contributed by atoms with E-state index in [0.717, 1.165) is 5.56 Å². The Morgan fingerprint density at radius 1 is 0.962 bits per heavy atom. The van der Waals surface area contributed by atoms with Crippen molar-refractivity contribution in [3.8, 4) is 0 Å². The van der Waals surface area contributed by atoms with Crippen molar-refractivity contribution in [3.63, 3.8) is 0 Å². The van der Waals surface area contributed by atoms with Crippen LogP contribution in [0.4, 0.5) is 0 Å². The number of hydrogen-bond donors (Lipinski definition) is 1. The Labute approximate surface area is 151 Å². The summed E-state index contributed by atoms with van der Waals surface area (Å²) in [6.45, 7) is 0.892. The molecule has 0 spiro atoms. The van der Waals surface area contributed by atoms with Crippen LogP contribution in [-0.4, -0.2) is 48.9 Å². The van der Waals surface area contributed by atoms with Crippen LogP contribution in [0.1, 0.15) is 22.0 Å². The second kappa shape index (κ2) is 7.55. The minimum atomic E-state index is -1.06. The van der Waals surface area contributed by atoms with Crippen LogP contribution in [0, 0.1) is 0 Å². The van der Waals surface area contributed by atoms with Gasteiger partial charge in [0.2, 0.25) is 0 Å². The molecule has 6 nitrogen and oxygen atoms in total. The molecule has 0 unspecified atom stereocenters. The lowest BCUT2D eigenvalue weighted by Crippen LogP contribution is -2.40. The van der Waals surface area contributed by atoms with Gasteiger partial charge in [0.1, 0.15) is 18.3 Å². The third-order valence-corrected chi connectivity index (χ3v) is 4.57. The summed E-state index contributed by atoms with van der Waals surface area (Å²) in [7, 11) is 0. The standard InChI is InChI=1S/C20H20O6/c21-15-17(26-19(22)14-9-5-2-6-10-14)16(13-7-3-1-4-8-13)25-18(15)20-23-11-12-24-20/h1-10,15-18,20-21H,11-12H2/t15-,16+,17-,18+/m0/s1. The SMILES string of the molecule is O=C(O[C@H]1[C@H](O)[C@H](C2OCCO2)O[C@@H]1c1ccccc1)c1ccccc1. The molecule has 0 aromatic heterocycles. The van der Waals surface area contributed by atoms with Gasteiger partial charge >= 0.3 is 5.97 Å². The Kier molecular flexibility index (Phi) is 4.99. The molecule has 2 aromatic carbocycles. The zero-order chi connectivity index (χ0) is 17.9. The van der Waals surface area contributed by atoms with E-state index in [2.05, 4.69) is 0 Å². The molecular formula is C20H20O6. The molecule has 2 aliphatic rings. The lowest BCUT2D eigenvalue weighted by Gasteiger charge is -2.21. The van der Waals surface area contributed by atoms with Gasteiger partial charge in [-0.3, -0.25) is 0 Å². The summed E-state index contributed by atoms with van der Waals surface area (Å²) in [5, 5.41) is 10.8. The average molecular weight is 356 g/mol. The zero-order valence-corrected chi connectivity index (χ0v) is 14.1.